The van der Waals surface area contributed by atoms with Crippen LogP contribution < -0.4 is 0 Å². The van der Waals surface area contributed by atoms with Gasteiger partial charge in [0.25, 0.3) is 0 Å². The lowest BCUT2D eigenvalue weighted by atomic mass is 9.73. The van der Waals surface area contributed by atoms with Crippen LogP contribution in [0, 0.1) is 17.8 Å². The average molecular weight is 517 g/mol. The van der Waals surface area contributed by atoms with Gasteiger partial charge in [0.2, 0.25) is 11.8 Å². The molecular formula is C29H44N2O6. The molecule has 8 atom stereocenters. The summed E-state index contributed by atoms with van der Waals surface area (Å²) in [5, 5.41) is 10.5. The third kappa shape index (κ3) is 4.34. The number of hydrogen-bond acceptors (Lipinski definition) is 6. The van der Waals surface area contributed by atoms with Gasteiger partial charge in [0.15, 0.2) is 0 Å². The van der Waals surface area contributed by atoms with Crippen LogP contribution in [0.5, 0.6) is 0 Å². The molecule has 206 valence electrons. The monoisotopic (exact) mass is 516 g/mol. The minimum atomic E-state index is -1.32. The van der Waals surface area contributed by atoms with Gasteiger partial charge in [-0.25, -0.2) is 0 Å². The van der Waals surface area contributed by atoms with Crippen molar-refractivity contribution in [3.8, 4) is 0 Å². The maximum absolute atomic E-state index is 14.5. The van der Waals surface area contributed by atoms with Crippen molar-refractivity contribution in [2.75, 3.05) is 19.8 Å². The van der Waals surface area contributed by atoms with Gasteiger partial charge in [-0.1, -0.05) is 64.8 Å². The first-order valence-electron chi connectivity index (χ1n) is 14.2. The largest absolute Gasteiger partial charge is 0.465 e. The van der Waals surface area contributed by atoms with Crippen LogP contribution in [-0.2, 0) is 23.9 Å². The molecule has 2 amide bonds. The molecule has 0 aliphatic carbocycles. The predicted octanol–water partition coefficient (Wildman–Crippen LogP) is 3.23. The number of likely N-dealkylation sites (tertiary alicyclic amines) is 1. The highest BCUT2D eigenvalue weighted by molar-refractivity contribution is 5.99. The number of nitrogens with zero attached hydrogens (tertiary/aromatic N) is 2. The Kier molecular flexibility index (Phi) is 8.19. The Morgan fingerprint density at radius 3 is 2.49 bits per heavy atom. The first kappa shape index (κ1) is 27.8. The van der Waals surface area contributed by atoms with E-state index in [1.807, 2.05) is 56.9 Å². The number of aliphatic hydroxyl groups excluding tert-OH is 1. The van der Waals surface area contributed by atoms with Crippen molar-refractivity contribution in [1.29, 1.82) is 0 Å². The second kappa shape index (κ2) is 10.9. The maximum atomic E-state index is 14.5. The van der Waals surface area contributed by atoms with Crippen LogP contribution in [0.25, 0.3) is 0 Å². The van der Waals surface area contributed by atoms with Gasteiger partial charge in [-0.3, -0.25) is 14.4 Å². The maximum Gasteiger partial charge on any atom is 0.313 e. The Morgan fingerprint density at radius 1 is 1.08 bits per heavy atom. The molecule has 2 unspecified atom stereocenters. The fourth-order valence-electron chi connectivity index (χ4n) is 6.97. The predicted molar refractivity (Wildman–Crippen MR) is 139 cm³/mol. The quantitative estimate of drug-likeness (QED) is 0.393. The molecule has 4 rings (SSSR count). The third-order valence-corrected chi connectivity index (χ3v) is 9.19. The van der Waals surface area contributed by atoms with Gasteiger partial charge in [0.05, 0.1) is 25.2 Å². The van der Waals surface area contributed by atoms with Crippen LogP contribution in [0.3, 0.4) is 0 Å². The molecule has 4 heterocycles. The van der Waals surface area contributed by atoms with Crippen molar-refractivity contribution in [3.05, 3.63) is 24.3 Å². The fourth-order valence-corrected chi connectivity index (χ4v) is 6.97. The summed E-state index contributed by atoms with van der Waals surface area (Å²) in [7, 11) is 0. The number of carbonyl (C=O) groups is 3. The highest BCUT2D eigenvalue weighted by atomic mass is 16.6. The van der Waals surface area contributed by atoms with Crippen molar-refractivity contribution in [2.24, 2.45) is 17.8 Å². The molecule has 1 N–H and O–H groups in total. The standard InChI is InChI=1S/C29H44N2O6/c1-6-13-20(5)30-16-12-15-29-22(23-27(35)36-17-11-9-10-14-28(23,8-3)37-29)25(33)31(24(29)26(30)34)21(18-32)19(4)7-2/h10,12,14-15,19-24,32H,6-9,11,13,16-18H2,1-5H3/b14-10-/t19-,20?,21-,22-,23+,24?,28-,29-/m0/s1. The second-order valence-electron chi connectivity index (χ2n) is 11.2. The summed E-state index contributed by atoms with van der Waals surface area (Å²) in [6, 6.07) is -1.55. The number of ether oxygens (including phenoxy) is 2. The van der Waals surface area contributed by atoms with Gasteiger partial charge in [-0.2, -0.15) is 0 Å². The van der Waals surface area contributed by atoms with Crippen molar-refractivity contribution in [1.82, 2.24) is 9.80 Å². The summed E-state index contributed by atoms with van der Waals surface area (Å²) in [4.78, 5) is 45.9. The van der Waals surface area contributed by atoms with E-state index < -0.39 is 41.1 Å². The van der Waals surface area contributed by atoms with E-state index in [1.54, 1.807) is 4.90 Å². The summed E-state index contributed by atoms with van der Waals surface area (Å²) >= 11 is 0. The van der Waals surface area contributed by atoms with Crippen LogP contribution >= 0.6 is 0 Å². The number of rotatable bonds is 8. The third-order valence-electron chi connectivity index (χ3n) is 9.19. The van der Waals surface area contributed by atoms with E-state index in [2.05, 4.69) is 6.92 Å². The molecule has 0 aromatic carbocycles. The molecule has 0 bridgehead atoms. The van der Waals surface area contributed by atoms with Crippen LogP contribution in [0.1, 0.15) is 73.1 Å². The number of hydrogen-bond donors (Lipinski definition) is 1. The summed E-state index contributed by atoms with van der Waals surface area (Å²) < 4.78 is 12.6. The highest BCUT2D eigenvalue weighted by Crippen LogP contribution is 2.58. The Bertz CT molecular complexity index is 949. The molecule has 8 nitrogen and oxygen atoms in total. The van der Waals surface area contributed by atoms with Gasteiger partial charge in [-0.15, -0.1) is 0 Å². The second-order valence-corrected chi connectivity index (χ2v) is 11.2. The Balaban J connectivity index is 1.92. The van der Waals surface area contributed by atoms with Crippen LogP contribution in [0.4, 0.5) is 0 Å². The summed E-state index contributed by atoms with van der Waals surface area (Å²) in [6.45, 7) is 10.5. The van der Waals surface area contributed by atoms with Crippen LogP contribution in [0.2, 0.25) is 0 Å². The Hall–Kier alpha value is -2.19. The SMILES string of the molecule is CCCC(C)N1CC=C[C@]23O[C@@]4(CC)/C=C\CCCOC(=O)[C@H]4[C@H]2C(=O)N([C@@H](CO)[C@@H](C)CC)C3C1=O. The first-order valence-corrected chi connectivity index (χ1v) is 14.2. The molecular weight excluding hydrogens is 472 g/mol. The zero-order chi connectivity index (χ0) is 27.0. The number of allylic oxidation sites excluding steroid dienone is 1. The molecule has 8 heteroatoms. The number of aliphatic hydroxyl groups is 1. The zero-order valence-corrected chi connectivity index (χ0v) is 23.0. The lowest BCUT2D eigenvalue weighted by Gasteiger charge is -2.42. The fraction of sp³-hybridized carbons (Fsp3) is 0.759. The molecule has 1 spiro atoms. The van der Waals surface area contributed by atoms with E-state index in [0.29, 0.717) is 19.4 Å². The lowest BCUT2D eigenvalue weighted by Crippen LogP contribution is -2.60. The van der Waals surface area contributed by atoms with Crippen molar-refractivity contribution < 1.29 is 29.0 Å². The lowest BCUT2D eigenvalue weighted by molar-refractivity contribution is -0.164. The molecule has 0 radical (unpaired) electrons. The number of carbonyl (C=O) groups excluding carboxylic acids is 3. The minimum absolute atomic E-state index is 0.0203. The number of esters is 1. The smallest absolute Gasteiger partial charge is 0.313 e. The molecule has 0 aromatic heterocycles. The van der Waals surface area contributed by atoms with Crippen molar-refractivity contribution >= 4 is 17.8 Å². The Labute approximate surface area is 221 Å². The molecule has 4 aliphatic rings. The van der Waals surface area contributed by atoms with E-state index in [1.165, 1.54) is 0 Å². The minimum Gasteiger partial charge on any atom is -0.465 e. The van der Waals surface area contributed by atoms with Gasteiger partial charge < -0.3 is 24.4 Å². The van der Waals surface area contributed by atoms with E-state index in [9.17, 15) is 19.5 Å². The number of cyclic esters (lactones) is 1. The Morgan fingerprint density at radius 2 is 1.84 bits per heavy atom. The highest BCUT2D eigenvalue weighted by Gasteiger charge is 2.76. The van der Waals surface area contributed by atoms with E-state index in [-0.39, 0.29) is 37.0 Å². The summed E-state index contributed by atoms with van der Waals surface area (Å²) in [5.74, 6) is -2.77. The molecule has 2 saturated heterocycles. The van der Waals surface area contributed by atoms with E-state index in [4.69, 9.17) is 9.47 Å². The van der Waals surface area contributed by atoms with Crippen LogP contribution in [-0.4, -0.2) is 81.8 Å². The number of fused-ring (bicyclic) bond motifs is 2. The number of amides is 2. The molecule has 0 saturated carbocycles. The van der Waals surface area contributed by atoms with E-state index in [0.717, 1.165) is 25.7 Å². The molecule has 37 heavy (non-hydrogen) atoms. The first-order chi connectivity index (χ1) is 17.7. The van der Waals surface area contributed by atoms with Crippen molar-refractivity contribution in [3.63, 3.8) is 0 Å². The van der Waals surface area contributed by atoms with Crippen LogP contribution in [0.15, 0.2) is 24.3 Å². The summed E-state index contributed by atoms with van der Waals surface area (Å²) in [6.07, 6.45) is 12.2. The average Bonchev–Trinajstić information content (AvgIpc) is 3.26. The summed E-state index contributed by atoms with van der Waals surface area (Å²) in [5.41, 5.74) is -2.37. The van der Waals surface area contributed by atoms with Gasteiger partial charge in [0, 0.05) is 12.6 Å². The van der Waals surface area contributed by atoms with Crippen molar-refractivity contribution in [2.45, 2.75) is 102 Å². The van der Waals surface area contributed by atoms with Gasteiger partial charge in [-0.05, 0) is 38.5 Å². The zero-order valence-electron chi connectivity index (χ0n) is 23.0. The molecule has 4 aliphatic heterocycles. The van der Waals surface area contributed by atoms with E-state index >= 15 is 0 Å². The normalized spacial score (nSPS) is 36.9. The van der Waals surface area contributed by atoms with Gasteiger partial charge in [0.1, 0.15) is 23.2 Å². The van der Waals surface area contributed by atoms with Gasteiger partial charge >= 0.3 is 5.97 Å². The molecule has 2 fully saturated rings. The topological polar surface area (TPSA) is 96.4 Å². The molecule has 0 aromatic rings.